The molecule has 0 saturated carbocycles. The van der Waals surface area contributed by atoms with E-state index >= 15 is 0 Å². The van der Waals surface area contributed by atoms with Crippen LogP contribution in [0.3, 0.4) is 0 Å². The van der Waals surface area contributed by atoms with Crippen molar-refractivity contribution in [2.45, 2.75) is 32.4 Å². The molecule has 0 aliphatic rings. The van der Waals surface area contributed by atoms with Crippen molar-refractivity contribution in [3.8, 4) is 0 Å². The minimum atomic E-state index is -0.703. The summed E-state index contributed by atoms with van der Waals surface area (Å²) in [5.74, 6) is 0.773. The van der Waals surface area contributed by atoms with E-state index in [1.165, 1.54) is 0 Å². The Bertz CT molecular complexity index is 1010. The first-order chi connectivity index (χ1) is 14.4. The number of rotatable bonds is 7. The van der Waals surface area contributed by atoms with E-state index in [2.05, 4.69) is 15.7 Å². The Morgan fingerprint density at radius 1 is 1.13 bits per heavy atom. The van der Waals surface area contributed by atoms with Gasteiger partial charge in [-0.25, -0.2) is 9.48 Å². The minimum absolute atomic E-state index is 0.209. The molecule has 3 rings (SSSR count). The number of carbonyl (C=O) groups is 1. The van der Waals surface area contributed by atoms with Crippen LogP contribution in [0.5, 0.6) is 0 Å². The number of aliphatic hydroxyl groups excluding tert-OH is 1. The monoisotopic (exact) mass is 446 g/mol. The van der Waals surface area contributed by atoms with Crippen molar-refractivity contribution in [2.24, 2.45) is 0 Å². The Kier molecular flexibility index (Phi) is 7.37. The second-order valence-electron chi connectivity index (χ2n) is 7.23. The van der Waals surface area contributed by atoms with Crippen LogP contribution in [0.15, 0.2) is 54.6 Å². The van der Waals surface area contributed by atoms with Crippen molar-refractivity contribution in [2.75, 3.05) is 11.9 Å². The quantitative estimate of drug-likeness (QED) is 0.465. The molecule has 6 nitrogen and oxygen atoms in total. The lowest BCUT2D eigenvalue weighted by Crippen LogP contribution is -2.35. The first kappa shape index (κ1) is 22.2. The molecule has 1 aromatic heterocycles. The number of anilines is 1. The Balaban J connectivity index is 1.79. The van der Waals surface area contributed by atoms with Crippen LogP contribution in [0, 0.1) is 0 Å². The van der Waals surface area contributed by atoms with Gasteiger partial charge in [0.2, 0.25) is 0 Å². The number of carbonyl (C=O) groups excluding carboxylic acids is 1. The van der Waals surface area contributed by atoms with E-state index in [-0.39, 0.29) is 12.5 Å². The Morgan fingerprint density at radius 3 is 2.53 bits per heavy atom. The van der Waals surface area contributed by atoms with Gasteiger partial charge in [0.25, 0.3) is 0 Å². The van der Waals surface area contributed by atoms with Crippen LogP contribution in [0.1, 0.15) is 42.6 Å². The molecule has 1 atom stereocenters. The molecule has 8 heteroatoms. The van der Waals surface area contributed by atoms with Crippen molar-refractivity contribution < 1.29 is 9.90 Å². The molecular weight excluding hydrogens is 423 g/mol. The number of aliphatic hydroxyl groups is 1. The SMILES string of the molecule is CC(C)c1cc(NC(=O)NC(CO)c2cccc(Cl)c2Cl)n(Cc2ccccc2)n1. The molecule has 158 valence electrons. The molecule has 0 bridgehead atoms. The van der Waals surface area contributed by atoms with E-state index in [1.54, 1.807) is 22.9 Å². The number of urea groups is 1. The fraction of sp³-hybridized carbons (Fsp3) is 0.273. The molecule has 0 spiro atoms. The number of nitrogens with zero attached hydrogens (tertiary/aromatic N) is 2. The van der Waals surface area contributed by atoms with E-state index in [9.17, 15) is 9.90 Å². The largest absolute Gasteiger partial charge is 0.394 e. The Labute approximate surface area is 185 Å². The smallest absolute Gasteiger partial charge is 0.320 e. The van der Waals surface area contributed by atoms with Gasteiger partial charge in [-0.1, -0.05) is 79.5 Å². The molecule has 1 heterocycles. The first-order valence-corrected chi connectivity index (χ1v) is 10.4. The van der Waals surface area contributed by atoms with Gasteiger partial charge in [0.05, 0.1) is 34.9 Å². The first-order valence-electron chi connectivity index (χ1n) is 9.63. The van der Waals surface area contributed by atoms with Gasteiger partial charge in [0.15, 0.2) is 0 Å². The molecule has 30 heavy (non-hydrogen) atoms. The Hall–Kier alpha value is -2.54. The molecule has 0 radical (unpaired) electrons. The number of hydrogen-bond acceptors (Lipinski definition) is 3. The molecular formula is C22H24Cl2N4O2. The molecule has 0 aliphatic heterocycles. The summed E-state index contributed by atoms with van der Waals surface area (Å²) >= 11 is 12.3. The predicted octanol–water partition coefficient (Wildman–Crippen LogP) is 5.22. The minimum Gasteiger partial charge on any atom is -0.394 e. The fourth-order valence-electron chi connectivity index (χ4n) is 3.02. The van der Waals surface area contributed by atoms with Crippen LogP contribution in [-0.4, -0.2) is 27.5 Å². The molecule has 0 aliphatic carbocycles. The van der Waals surface area contributed by atoms with Gasteiger partial charge in [-0.05, 0) is 23.1 Å². The summed E-state index contributed by atoms with van der Waals surface area (Å²) in [5.41, 5.74) is 2.48. The molecule has 2 amide bonds. The maximum absolute atomic E-state index is 12.7. The molecule has 1 unspecified atom stereocenters. The maximum Gasteiger partial charge on any atom is 0.320 e. The average molecular weight is 447 g/mol. The third-order valence-corrected chi connectivity index (χ3v) is 5.49. The van der Waals surface area contributed by atoms with Gasteiger partial charge in [-0.2, -0.15) is 5.10 Å². The van der Waals surface area contributed by atoms with Crippen molar-refractivity contribution in [3.63, 3.8) is 0 Å². The number of nitrogens with one attached hydrogen (secondary N) is 2. The van der Waals surface area contributed by atoms with Crippen LogP contribution in [0.25, 0.3) is 0 Å². The summed E-state index contributed by atoms with van der Waals surface area (Å²) in [6, 6.07) is 15.6. The van der Waals surface area contributed by atoms with Crippen LogP contribution in [0.2, 0.25) is 10.0 Å². The maximum atomic E-state index is 12.7. The number of aromatic nitrogens is 2. The van der Waals surface area contributed by atoms with Gasteiger partial charge >= 0.3 is 6.03 Å². The highest BCUT2D eigenvalue weighted by Gasteiger charge is 2.19. The molecule has 3 aromatic rings. The summed E-state index contributed by atoms with van der Waals surface area (Å²) in [7, 11) is 0. The Morgan fingerprint density at radius 2 is 1.87 bits per heavy atom. The lowest BCUT2D eigenvalue weighted by molar-refractivity contribution is 0.225. The number of halogens is 2. The summed E-state index contributed by atoms with van der Waals surface area (Å²) in [6.07, 6.45) is 0. The normalized spacial score (nSPS) is 12.1. The summed E-state index contributed by atoms with van der Waals surface area (Å²) < 4.78 is 1.75. The molecule has 0 fully saturated rings. The van der Waals surface area contributed by atoms with Crippen LogP contribution >= 0.6 is 23.2 Å². The van der Waals surface area contributed by atoms with Crippen molar-refractivity contribution in [3.05, 3.63) is 81.5 Å². The van der Waals surface area contributed by atoms with E-state index < -0.39 is 12.1 Å². The highest BCUT2D eigenvalue weighted by Crippen LogP contribution is 2.30. The highest BCUT2D eigenvalue weighted by atomic mass is 35.5. The summed E-state index contributed by atoms with van der Waals surface area (Å²) in [5, 5.41) is 20.6. The van der Waals surface area contributed by atoms with E-state index in [1.807, 2.05) is 50.2 Å². The zero-order valence-corrected chi connectivity index (χ0v) is 18.3. The lowest BCUT2D eigenvalue weighted by Gasteiger charge is -2.19. The van der Waals surface area contributed by atoms with Gasteiger partial charge in [0, 0.05) is 6.07 Å². The van der Waals surface area contributed by atoms with Crippen LogP contribution < -0.4 is 10.6 Å². The van der Waals surface area contributed by atoms with Gasteiger partial charge in [-0.15, -0.1) is 0 Å². The second-order valence-corrected chi connectivity index (χ2v) is 8.01. The van der Waals surface area contributed by atoms with Crippen molar-refractivity contribution in [1.82, 2.24) is 15.1 Å². The number of benzene rings is 2. The van der Waals surface area contributed by atoms with E-state index in [0.717, 1.165) is 11.3 Å². The zero-order valence-electron chi connectivity index (χ0n) is 16.8. The van der Waals surface area contributed by atoms with Crippen molar-refractivity contribution >= 4 is 35.1 Å². The highest BCUT2D eigenvalue weighted by molar-refractivity contribution is 6.42. The fourth-order valence-corrected chi connectivity index (χ4v) is 3.46. The van der Waals surface area contributed by atoms with E-state index in [4.69, 9.17) is 23.2 Å². The topological polar surface area (TPSA) is 79.2 Å². The zero-order chi connectivity index (χ0) is 21.7. The summed E-state index contributed by atoms with van der Waals surface area (Å²) in [4.78, 5) is 12.7. The van der Waals surface area contributed by atoms with Gasteiger partial charge in [-0.3, -0.25) is 5.32 Å². The molecule has 0 saturated heterocycles. The number of hydrogen-bond donors (Lipinski definition) is 3. The predicted molar refractivity (Wildman–Crippen MR) is 120 cm³/mol. The third-order valence-electron chi connectivity index (χ3n) is 4.65. The lowest BCUT2D eigenvalue weighted by atomic mass is 10.1. The molecule has 2 aromatic carbocycles. The molecule has 3 N–H and O–H groups in total. The standard InChI is InChI=1S/C22H24Cl2N4O2/c1-14(2)18-11-20(28(27-18)12-15-7-4-3-5-8-15)26-22(30)25-19(13-29)16-9-6-10-17(23)21(16)24/h3-11,14,19,29H,12-13H2,1-2H3,(H2,25,26,30). The van der Waals surface area contributed by atoms with Gasteiger partial charge < -0.3 is 10.4 Å². The van der Waals surface area contributed by atoms with Gasteiger partial charge in [0.1, 0.15) is 5.82 Å². The third kappa shape index (κ3) is 5.33. The van der Waals surface area contributed by atoms with Crippen LogP contribution in [-0.2, 0) is 6.54 Å². The average Bonchev–Trinajstić information content (AvgIpc) is 3.12. The second kappa shape index (κ2) is 9.98. The number of amides is 2. The van der Waals surface area contributed by atoms with Crippen molar-refractivity contribution in [1.29, 1.82) is 0 Å². The summed E-state index contributed by atoms with van der Waals surface area (Å²) in [6.45, 7) is 4.28. The van der Waals surface area contributed by atoms with Crippen LogP contribution in [0.4, 0.5) is 10.6 Å². The van der Waals surface area contributed by atoms with E-state index in [0.29, 0.717) is 28.0 Å².